The zero-order valence-electron chi connectivity index (χ0n) is 19.4. The maximum absolute atomic E-state index is 13.2. The van der Waals surface area contributed by atoms with E-state index in [0.717, 1.165) is 13.0 Å². The number of hydrogen-bond donors (Lipinski definition) is 0. The van der Waals surface area contributed by atoms with Crippen LogP contribution in [0.3, 0.4) is 0 Å². The Balaban J connectivity index is 1.70. The highest BCUT2D eigenvalue weighted by atomic mass is 32.2. The summed E-state index contributed by atoms with van der Waals surface area (Å²) in [5, 5.41) is 0. The van der Waals surface area contributed by atoms with Gasteiger partial charge in [-0.3, -0.25) is 14.5 Å². The second kappa shape index (κ2) is 10.3. The van der Waals surface area contributed by atoms with E-state index in [0.29, 0.717) is 44.8 Å². The maximum Gasteiger partial charge on any atom is 0.253 e. The molecule has 9 nitrogen and oxygen atoms in total. The molecule has 0 aliphatic carbocycles. The summed E-state index contributed by atoms with van der Waals surface area (Å²) in [4.78, 5) is 30.6. The molecule has 3 rings (SSSR count). The molecule has 178 valence electrons. The van der Waals surface area contributed by atoms with Crippen molar-refractivity contribution < 1.29 is 22.7 Å². The first kappa shape index (κ1) is 24.6. The van der Waals surface area contributed by atoms with Crippen molar-refractivity contribution in [2.24, 2.45) is 0 Å². The first-order chi connectivity index (χ1) is 15.1. The number of amides is 2. The van der Waals surface area contributed by atoms with E-state index < -0.39 is 10.0 Å². The highest BCUT2D eigenvalue weighted by Gasteiger charge is 2.33. The minimum atomic E-state index is -3.72. The Morgan fingerprint density at radius 1 is 1.06 bits per heavy atom. The van der Waals surface area contributed by atoms with E-state index in [4.69, 9.17) is 4.74 Å². The van der Waals surface area contributed by atoms with Crippen LogP contribution in [0.5, 0.6) is 0 Å². The highest BCUT2D eigenvalue weighted by Crippen LogP contribution is 2.22. The van der Waals surface area contributed by atoms with Crippen molar-refractivity contribution in [1.82, 2.24) is 19.0 Å². The number of carbonyl (C=O) groups is 2. The molecule has 2 fully saturated rings. The molecule has 2 saturated heterocycles. The summed E-state index contributed by atoms with van der Waals surface area (Å²) < 4.78 is 33.5. The number of nitrogens with zero attached hydrogens (tertiary/aromatic N) is 4. The SMILES string of the molecule is CC1CN(S(=O)(=O)c2cccc(C(=O)N3CCCN(CC(=O)N(C)C)CC3)c2)CC(C)O1. The normalized spacial score (nSPS) is 23.6. The Kier molecular flexibility index (Phi) is 7.92. The van der Waals surface area contributed by atoms with Crippen LogP contribution in [0.4, 0.5) is 0 Å². The van der Waals surface area contributed by atoms with Gasteiger partial charge in [-0.1, -0.05) is 6.07 Å². The average molecular weight is 467 g/mol. The van der Waals surface area contributed by atoms with Crippen molar-refractivity contribution in [3.63, 3.8) is 0 Å². The van der Waals surface area contributed by atoms with E-state index in [2.05, 4.69) is 4.90 Å². The van der Waals surface area contributed by atoms with E-state index in [1.807, 2.05) is 13.8 Å². The summed E-state index contributed by atoms with van der Waals surface area (Å²) in [7, 11) is -0.257. The average Bonchev–Trinajstić information content (AvgIpc) is 2.98. The quantitative estimate of drug-likeness (QED) is 0.635. The number of hydrogen-bond acceptors (Lipinski definition) is 6. The van der Waals surface area contributed by atoms with E-state index >= 15 is 0 Å². The lowest BCUT2D eigenvalue weighted by atomic mass is 10.2. The van der Waals surface area contributed by atoms with Crippen LogP contribution in [0.1, 0.15) is 30.6 Å². The van der Waals surface area contributed by atoms with E-state index in [1.165, 1.54) is 16.4 Å². The Morgan fingerprint density at radius 3 is 2.41 bits per heavy atom. The van der Waals surface area contributed by atoms with Gasteiger partial charge in [-0.05, 0) is 38.5 Å². The van der Waals surface area contributed by atoms with Crippen molar-refractivity contribution in [3.8, 4) is 0 Å². The molecule has 10 heteroatoms. The number of sulfonamides is 1. The van der Waals surface area contributed by atoms with Gasteiger partial charge in [0.1, 0.15) is 0 Å². The molecule has 32 heavy (non-hydrogen) atoms. The molecule has 2 aliphatic heterocycles. The van der Waals surface area contributed by atoms with Gasteiger partial charge >= 0.3 is 0 Å². The third kappa shape index (κ3) is 5.86. The lowest BCUT2D eigenvalue weighted by Crippen LogP contribution is -2.48. The summed E-state index contributed by atoms with van der Waals surface area (Å²) in [6.45, 7) is 7.03. The third-order valence-corrected chi connectivity index (χ3v) is 7.67. The van der Waals surface area contributed by atoms with Gasteiger partial charge in [-0.25, -0.2) is 8.42 Å². The second-order valence-corrected chi connectivity index (χ2v) is 10.8. The standard InChI is InChI=1S/C22H34N4O5S/c1-17-14-26(15-18(2)31-17)32(29,30)20-8-5-7-19(13-20)22(28)25-10-6-9-24(11-12-25)16-21(27)23(3)4/h5,7-8,13,17-18H,6,9-12,14-16H2,1-4H3. The second-order valence-electron chi connectivity index (χ2n) is 8.82. The summed E-state index contributed by atoms with van der Waals surface area (Å²) in [5.41, 5.74) is 0.359. The largest absolute Gasteiger partial charge is 0.373 e. The molecule has 0 radical (unpaired) electrons. The molecule has 0 spiro atoms. The van der Waals surface area contributed by atoms with Gasteiger partial charge in [0.25, 0.3) is 5.91 Å². The molecule has 2 aliphatic rings. The number of benzene rings is 1. The molecule has 2 heterocycles. The maximum atomic E-state index is 13.2. The minimum Gasteiger partial charge on any atom is -0.373 e. The molecule has 0 saturated carbocycles. The number of likely N-dealkylation sites (N-methyl/N-ethyl adjacent to an activating group) is 1. The fourth-order valence-corrected chi connectivity index (χ4v) is 5.75. The summed E-state index contributed by atoms with van der Waals surface area (Å²) in [6, 6.07) is 6.28. The number of ether oxygens (including phenoxy) is 1. The van der Waals surface area contributed by atoms with Crippen molar-refractivity contribution >= 4 is 21.8 Å². The topological polar surface area (TPSA) is 90.5 Å². The third-order valence-electron chi connectivity index (χ3n) is 5.84. The molecular weight excluding hydrogens is 432 g/mol. The molecule has 1 aromatic carbocycles. The molecule has 0 aromatic heterocycles. The zero-order valence-corrected chi connectivity index (χ0v) is 20.2. The first-order valence-electron chi connectivity index (χ1n) is 11.1. The van der Waals surface area contributed by atoms with Crippen LogP contribution in [-0.2, 0) is 19.6 Å². The van der Waals surface area contributed by atoms with Crippen LogP contribution in [0.2, 0.25) is 0 Å². The molecule has 1 aromatic rings. The van der Waals surface area contributed by atoms with Crippen molar-refractivity contribution in [2.45, 2.75) is 37.4 Å². The minimum absolute atomic E-state index is 0.0365. The van der Waals surface area contributed by atoms with Crippen LogP contribution in [-0.4, -0.2) is 111 Å². The molecule has 2 amide bonds. The molecule has 0 N–H and O–H groups in total. The Labute approximate surface area is 190 Å². The number of morpholine rings is 1. The lowest BCUT2D eigenvalue weighted by molar-refractivity contribution is -0.129. The Bertz CT molecular complexity index is 926. The van der Waals surface area contributed by atoms with Gasteiger partial charge < -0.3 is 14.5 Å². The van der Waals surface area contributed by atoms with Gasteiger partial charge in [0, 0.05) is 58.9 Å². The predicted molar refractivity (Wildman–Crippen MR) is 121 cm³/mol. The first-order valence-corrected chi connectivity index (χ1v) is 12.5. The lowest BCUT2D eigenvalue weighted by Gasteiger charge is -2.34. The van der Waals surface area contributed by atoms with Crippen LogP contribution < -0.4 is 0 Å². The molecule has 2 unspecified atom stereocenters. The number of carbonyl (C=O) groups excluding carboxylic acids is 2. The number of rotatable bonds is 5. The predicted octanol–water partition coefficient (Wildman–Crippen LogP) is 0.721. The summed E-state index contributed by atoms with van der Waals surface area (Å²) in [5.74, 6) is -0.152. The van der Waals surface area contributed by atoms with Gasteiger partial charge in [-0.2, -0.15) is 4.31 Å². The van der Waals surface area contributed by atoms with Crippen LogP contribution >= 0.6 is 0 Å². The monoisotopic (exact) mass is 466 g/mol. The van der Waals surface area contributed by atoms with E-state index in [-0.39, 0.29) is 28.9 Å². The van der Waals surface area contributed by atoms with Crippen LogP contribution in [0.25, 0.3) is 0 Å². The fraction of sp³-hybridized carbons (Fsp3) is 0.636. The zero-order chi connectivity index (χ0) is 23.5. The van der Waals surface area contributed by atoms with Crippen molar-refractivity contribution in [3.05, 3.63) is 29.8 Å². The Morgan fingerprint density at radius 2 is 1.75 bits per heavy atom. The fourth-order valence-electron chi connectivity index (χ4n) is 4.11. The van der Waals surface area contributed by atoms with Crippen LogP contribution in [0, 0.1) is 0 Å². The molecule has 0 bridgehead atoms. The van der Waals surface area contributed by atoms with Gasteiger partial charge in [0.2, 0.25) is 15.9 Å². The smallest absolute Gasteiger partial charge is 0.253 e. The van der Waals surface area contributed by atoms with E-state index in [9.17, 15) is 18.0 Å². The van der Waals surface area contributed by atoms with Gasteiger partial charge in [0.15, 0.2) is 0 Å². The van der Waals surface area contributed by atoms with Crippen molar-refractivity contribution in [1.29, 1.82) is 0 Å². The highest BCUT2D eigenvalue weighted by molar-refractivity contribution is 7.89. The van der Waals surface area contributed by atoms with Crippen molar-refractivity contribution in [2.75, 3.05) is 59.9 Å². The summed E-state index contributed by atoms with van der Waals surface area (Å²) >= 11 is 0. The van der Waals surface area contributed by atoms with Crippen LogP contribution in [0.15, 0.2) is 29.2 Å². The van der Waals surface area contributed by atoms with Gasteiger partial charge in [-0.15, -0.1) is 0 Å². The molecular formula is C22H34N4O5S. The Hall–Kier alpha value is -2.01. The van der Waals surface area contributed by atoms with E-state index in [1.54, 1.807) is 36.0 Å². The van der Waals surface area contributed by atoms with Gasteiger partial charge in [0.05, 0.1) is 23.6 Å². The molecule has 2 atom stereocenters. The summed E-state index contributed by atoms with van der Waals surface area (Å²) in [6.07, 6.45) is 0.393.